The van der Waals surface area contributed by atoms with Crippen LogP contribution in [0.5, 0.6) is 17.2 Å². The van der Waals surface area contributed by atoms with Gasteiger partial charge in [0.1, 0.15) is 17.2 Å². The van der Waals surface area contributed by atoms with Crippen molar-refractivity contribution in [3.63, 3.8) is 0 Å². The summed E-state index contributed by atoms with van der Waals surface area (Å²) in [4.78, 5) is 0. The number of methoxy groups -OCH3 is 2. The molecule has 150 valence electrons. The van der Waals surface area contributed by atoms with Crippen molar-refractivity contribution in [1.29, 1.82) is 0 Å². The zero-order chi connectivity index (χ0) is 20.3. The molecule has 0 saturated carbocycles. The Morgan fingerprint density at radius 3 is 2.50 bits per heavy atom. The Labute approximate surface area is 165 Å². The maximum atomic E-state index is 12.4. The molecular weight excluding hydrogens is 380 g/mol. The highest BCUT2D eigenvalue weighted by atomic mass is 32.2. The maximum Gasteiger partial charge on any atom is 0.247 e. The molecule has 8 heteroatoms. The van der Waals surface area contributed by atoms with Crippen LogP contribution >= 0.6 is 0 Å². The summed E-state index contributed by atoms with van der Waals surface area (Å²) in [7, 11) is -0.444. The first-order valence-corrected chi connectivity index (χ1v) is 10.7. The third-order valence-electron chi connectivity index (χ3n) is 4.51. The van der Waals surface area contributed by atoms with Crippen LogP contribution in [0.25, 0.3) is 0 Å². The third kappa shape index (κ3) is 3.91. The van der Waals surface area contributed by atoms with Gasteiger partial charge >= 0.3 is 0 Å². The number of hydrogen-bond donors (Lipinski definition) is 0. The first kappa shape index (κ1) is 20.0. The first-order valence-electron chi connectivity index (χ1n) is 8.90. The van der Waals surface area contributed by atoms with Gasteiger partial charge < -0.3 is 14.2 Å². The van der Waals surface area contributed by atoms with E-state index >= 15 is 0 Å². The molecule has 7 nitrogen and oxygen atoms in total. The van der Waals surface area contributed by atoms with Gasteiger partial charge in [0.05, 0.1) is 38.8 Å². The summed E-state index contributed by atoms with van der Waals surface area (Å²) < 4.78 is 42.5. The Bertz CT molecular complexity index is 988. The number of sulfonamides is 1. The number of rotatable bonds is 7. The van der Waals surface area contributed by atoms with Gasteiger partial charge in [0.25, 0.3) is 0 Å². The van der Waals surface area contributed by atoms with Crippen molar-refractivity contribution < 1.29 is 22.6 Å². The summed E-state index contributed by atoms with van der Waals surface area (Å²) in [6.45, 7) is 2.38. The highest BCUT2D eigenvalue weighted by Crippen LogP contribution is 2.40. The molecule has 0 saturated heterocycles. The summed E-state index contributed by atoms with van der Waals surface area (Å²) in [6, 6.07) is 12.3. The Hall–Kier alpha value is -2.74. The summed E-state index contributed by atoms with van der Waals surface area (Å²) >= 11 is 0. The zero-order valence-electron chi connectivity index (χ0n) is 16.4. The molecule has 1 aliphatic heterocycles. The average Bonchev–Trinajstić information content (AvgIpc) is 3.13. The van der Waals surface area contributed by atoms with Crippen molar-refractivity contribution in [1.82, 2.24) is 4.41 Å². The second-order valence-electron chi connectivity index (χ2n) is 6.34. The standard InChI is InChI=1S/C20H24N2O5S/c1-5-27-19-9-7-6-8-16(19)18-13-17(21-22(18)28(4,23)24)15-11-10-14(25-2)12-20(15)26-3/h6-12,18H,5,13H2,1-4H3. The predicted molar refractivity (Wildman–Crippen MR) is 108 cm³/mol. The van der Waals surface area contributed by atoms with E-state index in [0.717, 1.165) is 21.8 Å². The van der Waals surface area contributed by atoms with Crippen LogP contribution in [0, 0.1) is 0 Å². The van der Waals surface area contributed by atoms with E-state index in [0.29, 0.717) is 36.0 Å². The quantitative estimate of drug-likeness (QED) is 0.708. The summed E-state index contributed by atoms with van der Waals surface area (Å²) in [5.41, 5.74) is 2.13. The van der Waals surface area contributed by atoms with Gasteiger partial charge in [-0.2, -0.15) is 9.52 Å². The van der Waals surface area contributed by atoms with Crippen LogP contribution in [-0.4, -0.2) is 45.6 Å². The molecule has 0 bridgehead atoms. The Morgan fingerprint density at radius 1 is 1.11 bits per heavy atom. The van der Waals surface area contributed by atoms with Gasteiger partial charge in [-0.05, 0) is 25.1 Å². The van der Waals surface area contributed by atoms with Crippen LogP contribution in [0.4, 0.5) is 0 Å². The second kappa shape index (κ2) is 8.10. The minimum atomic E-state index is -3.58. The van der Waals surface area contributed by atoms with Crippen LogP contribution in [-0.2, 0) is 10.0 Å². The lowest BCUT2D eigenvalue weighted by molar-refractivity contribution is 0.317. The number of ether oxygens (including phenoxy) is 3. The topological polar surface area (TPSA) is 77.4 Å². The van der Waals surface area contributed by atoms with E-state index < -0.39 is 16.1 Å². The van der Waals surface area contributed by atoms with Crippen LogP contribution in [0.3, 0.4) is 0 Å². The molecule has 1 heterocycles. The Balaban J connectivity index is 2.06. The lowest BCUT2D eigenvalue weighted by atomic mass is 9.98. The smallest absolute Gasteiger partial charge is 0.247 e. The van der Waals surface area contributed by atoms with Gasteiger partial charge in [-0.1, -0.05) is 18.2 Å². The van der Waals surface area contributed by atoms with Crippen molar-refractivity contribution in [3.8, 4) is 17.2 Å². The maximum absolute atomic E-state index is 12.4. The molecule has 28 heavy (non-hydrogen) atoms. The molecule has 0 aliphatic carbocycles. The molecule has 2 aromatic carbocycles. The molecule has 3 rings (SSSR count). The minimum Gasteiger partial charge on any atom is -0.497 e. The fourth-order valence-electron chi connectivity index (χ4n) is 3.27. The molecule has 0 aromatic heterocycles. The van der Waals surface area contributed by atoms with Gasteiger partial charge in [-0.25, -0.2) is 8.42 Å². The van der Waals surface area contributed by atoms with Gasteiger partial charge in [0.15, 0.2) is 0 Å². The molecule has 0 spiro atoms. The highest BCUT2D eigenvalue weighted by Gasteiger charge is 2.36. The fourth-order valence-corrected chi connectivity index (χ4v) is 4.17. The molecule has 2 aromatic rings. The number of para-hydroxylation sites is 1. The summed E-state index contributed by atoms with van der Waals surface area (Å²) in [6.07, 6.45) is 1.56. The molecule has 1 aliphatic rings. The Kier molecular flexibility index (Phi) is 5.79. The third-order valence-corrected chi connectivity index (χ3v) is 5.53. The number of nitrogens with zero attached hydrogens (tertiary/aromatic N) is 2. The van der Waals surface area contributed by atoms with Gasteiger partial charge in [0, 0.05) is 23.6 Å². The van der Waals surface area contributed by atoms with Crippen LogP contribution < -0.4 is 14.2 Å². The number of hydrogen-bond acceptors (Lipinski definition) is 6. The lowest BCUT2D eigenvalue weighted by Crippen LogP contribution is -2.26. The highest BCUT2D eigenvalue weighted by molar-refractivity contribution is 7.88. The molecular formula is C20H24N2O5S. The largest absolute Gasteiger partial charge is 0.497 e. The van der Waals surface area contributed by atoms with Crippen molar-refractivity contribution in [2.24, 2.45) is 5.10 Å². The molecule has 0 N–H and O–H groups in total. The van der Waals surface area contributed by atoms with Gasteiger partial charge in [-0.3, -0.25) is 0 Å². The first-order chi connectivity index (χ1) is 13.4. The molecule has 0 amide bonds. The fraction of sp³-hybridized carbons (Fsp3) is 0.350. The van der Waals surface area contributed by atoms with Crippen LogP contribution in [0.1, 0.15) is 30.5 Å². The summed E-state index contributed by atoms with van der Waals surface area (Å²) in [5.74, 6) is 1.88. The van der Waals surface area contributed by atoms with Gasteiger partial charge in [-0.15, -0.1) is 0 Å². The Morgan fingerprint density at radius 2 is 1.86 bits per heavy atom. The average molecular weight is 404 g/mol. The molecule has 0 fully saturated rings. The monoisotopic (exact) mass is 404 g/mol. The normalized spacial score (nSPS) is 16.6. The van der Waals surface area contributed by atoms with Crippen molar-refractivity contribution in [2.75, 3.05) is 27.1 Å². The lowest BCUT2D eigenvalue weighted by Gasteiger charge is -2.23. The van der Waals surface area contributed by atoms with E-state index in [4.69, 9.17) is 14.2 Å². The van der Waals surface area contributed by atoms with E-state index in [2.05, 4.69) is 5.10 Å². The molecule has 1 unspecified atom stereocenters. The van der Waals surface area contributed by atoms with Crippen molar-refractivity contribution >= 4 is 15.7 Å². The molecule has 0 radical (unpaired) electrons. The van der Waals surface area contributed by atoms with Crippen molar-refractivity contribution in [2.45, 2.75) is 19.4 Å². The van der Waals surface area contributed by atoms with E-state index in [1.165, 1.54) is 0 Å². The second-order valence-corrected chi connectivity index (χ2v) is 8.18. The number of hydrazone groups is 1. The van der Waals surface area contributed by atoms with E-state index in [-0.39, 0.29) is 0 Å². The van der Waals surface area contributed by atoms with Crippen LogP contribution in [0.2, 0.25) is 0 Å². The SMILES string of the molecule is CCOc1ccccc1C1CC(c2ccc(OC)cc2OC)=NN1S(C)(=O)=O. The van der Waals surface area contributed by atoms with Crippen molar-refractivity contribution in [3.05, 3.63) is 53.6 Å². The van der Waals surface area contributed by atoms with E-state index in [1.807, 2.05) is 37.3 Å². The molecule has 1 atom stereocenters. The van der Waals surface area contributed by atoms with Gasteiger partial charge in [0.2, 0.25) is 10.0 Å². The minimum absolute atomic E-state index is 0.403. The summed E-state index contributed by atoms with van der Waals surface area (Å²) in [5, 5.41) is 4.44. The van der Waals surface area contributed by atoms with E-state index in [9.17, 15) is 8.42 Å². The van der Waals surface area contributed by atoms with Crippen LogP contribution in [0.15, 0.2) is 47.6 Å². The predicted octanol–water partition coefficient (Wildman–Crippen LogP) is 3.21. The number of benzene rings is 2. The van der Waals surface area contributed by atoms with E-state index in [1.54, 1.807) is 26.4 Å². The zero-order valence-corrected chi connectivity index (χ0v) is 17.2.